The molecule has 0 spiro atoms. The maximum atomic E-state index is 11.5. The van der Waals surface area contributed by atoms with E-state index >= 15 is 0 Å². The van der Waals surface area contributed by atoms with Crippen molar-refractivity contribution in [2.24, 2.45) is 5.92 Å². The van der Waals surface area contributed by atoms with E-state index in [1.807, 2.05) is 4.31 Å². The number of hydrogen-bond donors (Lipinski definition) is 1. The average Bonchev–Trinajstić information content (AvgIpc) is 2.19. The fraction of sp³-hybridized carbons (Fsp3) is 0.889. The van der Waals surface area contributed by atoms with Crippen LogP contribution in [0.1, 0.15) is 26.2 Å². The third kappa shape index (κ3) is 1.93. The third-order valence-electron chi connectivity index (χ3n) is 2.89. The Morgan fingerprint density at radius 2 is 2.38 bits per heavy atom. The molecule has 2 heterocycles. The van der Waals surface area contributed by atoms with E-state index in [1.165, 1.54) is 12.8 Å². The highest BCUT2D eigenvalue weighted by Gasteiger charge is 2.29. The summed E-state index contributed by atoms with van der Waals surface area (Å²) in [7, 11) is 0. The van der Waals surface area contributed by atoms with Gasteiger partial charge in [0.05, 0.1) is 0 Å². The number of hydrogen-bond acceptors (Lipinski definition) is 2. The average molecular weight is 200 g/mol. The zero-order valence-corrected chi connectivity index (χ0v) is 8.77. The highest BCUT2D eigenvalue weighted by atomic mass is 32.2. The van der Waals surface area contributed by atoms with Gasteiger partial charge >= 0.3 is 6.03 Å². The molecule has 2 atom stereocenters. The maximum Gasteiger partial charge on any atom is 0.327 e. The molecular formula is C9H16N2OS. The van der Waals surface area contributed by atoms with E-state index in [-0.39, 0.29) is 6.03 Å². The van der Waals surface area contributed by atoms with Crippen molar-refractivity contribution in [1.82, 2.24) is 9.62 Å². The van der Waals surface area contributed by atoms with E-state index in [1.54, 1.807) is 11.9 Å². The Morgan fingerprint density at radius 3 is 3.23 bits per heavy atom. The standard InChI is InChI=1S/C9H16N2OS/c1-7-8-4-2-3-5-11(13-7)9(12)10-6-8/h7-8H,2-6H2,1H3,(H,10,12). The summed E-state index contributed by atoms with van der Waals surface area (Å²) < 4.78 is 1.89. The fourth-order valence-electron chi connectivity index (χ4n) is 1.96. The van der Waals surface area contributed by atoms with Crippen LogP contribution in [0.25, 0.3) is 0 Å². The second-order valence-corrected chi connectivity index (χ2v) is 5.25. The summed E-state index contributed by atoms with van der Waals surface area (Å²) >= 11 is 1.72. The van der Waals surface area contributed by atoms with Crippen LogP contribution in [0.2, 0.25) is 0 Å². The normalized spacial score (nSPS) is 34.8. The summed E-state index contributed by atoms with van der Waals surface area (Å²) in [6.07, 6.45) is 3.69. The lowest BCUT2D eigenvalue weighted by Gasteiger charge is -2.26. The lowest BCUT2D eigenvalue weighted by Crippen LogP contribution is -2.34. The molecule has 4 heteroatoms. The molecule has 0 aliphatic carbocycles. The van der Waals surface area contributed by atoms with Crippen LogP contribution in [0.5, 0.6) is 0 Å². The van der Waals surface area contributed by atoms with Crippen LogP contribution >= 0.6 is 11.9 Å². The van der Waals surface area contributed by atoms with E-state index in [4.69, 9.17) is 0 Å². The molecule has 2 aliphatic rings. The molecule has 2 saturated heterocycles. The van der Waals surface area contributed by atoms with Crippen LogP contribution in [0.4, 0.5) is 4.79 Å². The number of urea groups is 1. The molecule has 2 rings (SSSR count). The Bertz CT molecular complexity index is 210. The zero-order chi connectivity index (χ0) is 9.26. The van der Waals surface area contributed by atoms with E-state index in [0.29, 0.717) is 11.2 Å². The highest BCUT2D eigenvalue weighted by Crippen LogP contribution is 2.31. The summed E-state index contributed by atoms with van der Waals surface area (Å²) in [6, 6.07) is 0.112. The van der Waals surface area contributed by atoms with E-state index in [0.717, 1.165) is 19.5 Å². The van der Waals surface area contributed by atoms with Gasteiger partial charge in [0.15, 0.2) is 0 Å². The van der Waals surface area contributed by atoms with E-state index in [9.17, 15) is 4.79 Å². The predicted octanol–water partition coefficient (Wildman–Crippen LogP) is 1.85. The molecule has 2 aliphatic heterocycles. The first-order valence-corrected chi connectivity index (χ1v) is 5.83. The maximum absolute atomic E-state index is 11.5. The largest absolute Gasteiger partial charge is 0.337 e. The number of carbonyl (C=O) groups excluding carboxylic acids is 1. The Hall–Kier alpha value is -0.380. The first kappa shape index (κ1) is 9.19. The number of rotatable bonds is 0. The molecule has 13 heavy (non-hydrogen) atoms. The molecule has 0 aromatic rings. The lowest BCUT2D eigenvalue weighted by molar-refractivity contribution is 0.227. The van der Waals surface area contributed by atoms with Gasteiger partial charge in [0.25, 0.3) is 0 Å². The molecule has 2 unspecified atom stereocenters. The highest BCUT2D eigenvalue weighted by molar-refractivity contribution is 7.98. The number of carbonyl (C=O) groups is 1. The fourth-order valence-corrected chi connectivity index (χ4v) is 3.16. The van der Waals surface area contributed by atoms with E-state index in [2.05, 4.69) is 12.2 Å². The van der Waals surface area contributed by atoms with Gasteiger partial charge in [0, 0.05) is 18.3 Å². The van der Waals surface area contributed by atoms with Crippen LogP contribution in [0, 0.1) is 5.92 Å². The summed E-state index contributed by atoms with van der Waals surface area (Å²) in [5.74, 6) is 0.666. The molecule has 0 radical (unpaired) electrons. The molecule has 0 aromatic carbocycles. The van der Waals surface area contributed by atoms with Gasteiger partial charge in [-0.25, -0.2) is 4.79 Å². The predicted molar refractivity (Wildman–Crippen MR) is 54.5 cm³/mol. The zero-order valence-electron chi connectivity index (χ0n) is 7.95. The van der Waals surface area contributed by atoms with Crippen molar-refractivity contribution < 1.29 is 4.79 Å². The van der Waals surface area contributed by atoms with Gasteiger partial charge in [0.2, 0.25) is 0 Å². The number of fused-ring (bicyclic) bond motifs is 3. The Labute approximate surface area is 83.4 Å². The van der Waals surface area contributed by atoms with Crippen molar-refractivity contribution >= 4 is 18.0 Å². The molecule has 0 aromatic heterocycles. The van der Waals surface area contributed by atoms with Crippen LogP contribution in [0.3, 0.4) is 0 Å². The van der Waals surface area contributed by atoms with Crippen LogP contribution < -0.4 is 5.32 Å². The van der Waals surface area contributed by atoms with Crippen molar-refractivity contribution in [1.29, 1.82) is 0 Å². The van der Waals surface area contributed by atoms with Crippen molar-refractivity contribution in [2.45, 2.75) is 31.4 Å². The Kier molecular flexibility index (Phi) is 2.67. The minimum atomic E-state index is 0.112. The Balaban J connectivity index is 2.14. The van der Waals surface area contributed by atoms with Crippen molar-refractivity contribution in [3.63, 3.8) is 0 Å². The molecule has 0 saturated carbocycles. The van der Waals surface area contributed by atoms with Crippen molar-refractivity contribution in [3.8, 4) is 0 Å². The molecule has 3 nitrogen and oxygen atoms in total. The summed E-state index contributed by atoms with van der Waals surface area (Å²) in [6.45, 7) is 4.00. The molecule has 74 valence electrons. The first-order chi connectivity index (χ1) is 6.27. The lowest BCUT2D eigenvalue weighted by atomic mass is 9.99. The summed E-state index contributed by atoms with van der Waals surface area (Å²) in [4.78, 5) is 11.5. The molecule has 1 N–H and O–H groups in total. The Morgan fingerprint density at radius 1 is 1.54 bits per heavy atom. The minimum absolute atomic E-state index is 0.112. The smallest absolute Gasteiger partial charge is 0.327 e. The summed E-state index contributed by atoms with van der Waals surface area (Å²) in [5.41, 5.74) is 0. The second-order valence-electron chi connectivity index (χ2n) is 3.85. The van der Waals surface area contributed by atoms with Crippen LogP contribution in [-0.4, -0.2) is 28.7 Å². The second kappa shape index (κ2) is 3.78. The topological polar surface area (TPSA) is 32.3 Å². The molecule has 2 fully saturated rings. The van der Waals surface area contributed by atoms with Crippen LogP contribution in [-0.2, 0) is 0 Å². The minimum Gasteiger partial charge on any atom is -0.337 e. The van der Waals surface area contributed by atoms with Gasteiger partial charge < -0.3 is 5.32 Å². The van der Waals surface area contributed by atoms with Crippen LogP contribution in [0.15, 0.2) is 0 Å². The summed E-state index contributed by atoms with van der Waals surface area (Å²) in [5, 5.41) is 3.57. The van der Waals surface area contributed by atoms with Gasteiger partial charge in [-0.2, -0.15) is 0 Å². The van der Waals surface area contributed by atoms with Gasteiger partial charge in [-0.3, -0.25) is 4.31 Å². The van der Waals surface area contributed by atoms with Crippen molar-refractivity contribution in [3.05, 3.63) is 0 Å². The molecule has 2 bridgehead atoms. The third-order valence-corrected chi connectivity index (χ3v) is 4.21. The SMILES string of the molecule is CC1SN2CCCCC1CNC2=O. The van der Waals surface area contributed by atoms with E-state index < -0.39 is 0 Å². The molecule has 2 amide bonds. The van der Waals surface area contributed by atoms with Gasteiger partial charge in [-0.15, -0.1) is 0 Å². The number of nitrogens with zero attached hydrogens (tertiary/aromatic N) is 1. The van der Waals surface area contributed by atoms with Gasteiger partial charge in [-0.1, -0.05) is 13.3 Å². The molecular weight excluding hydrogens is 184 g/mol. The number of amides is 2. The number of nitrogens with one attached hydrogen (secondary N) is 1. The van der Waals surface area contributed by atoms with Gasteiger partial charge in [-0.05, 0) is 30.7 Å². The van der Waals surface area contributed by atoms with Crippen molar-refractivity contribution in [2.75, 3.05) is 13.1 Å². The first-order valence-electron chi connectivity index (χ1n) is 4.99. The quantitative estimate of drug-likeness (QED) is 0.605. The van der Waals surface area contributed by atoms with Gasteiger partial charge in [0.1, 0.15) is 0 Å². The monoisotopic (exact) mass is 200 g/mol.